The van der Waals surface area contributed by atoms with Crippen molar-refractivity contribution in [2.75, 3.05) is 6.61 Å². The number of hydrogen-bond acceptors (Lipinski definition) is 3. The first-order chi connectivity index (χ1) is 10.8. The number of carbonyl (C=O) groups is 1. The van der Waals surface area contributed by atoms with E-state index in [9.17, 15) is 4.79 Å². The maximum atomic E-state index is 12.4. The van der Waals surface area contributed by atoms with Gasteiger partial charge in [0, 0.05) is 10.0 Å². The summed E-state index contributed by atoms with van der Waals surface area (Å²) in [6, 6.07) is 12.7. The minimum absolute atomic E-state index is 0.132. The maximum Gasteiger partial charge on any atom is 0.343 e. The van der Waals surface area contributed by atoms with Crippen LogP contribution in [0.4, 0.5) is 0 Å². The van der Waals surface area contributed by atoms with Crippen molar-refractivity contribution in [2.24, 2.45) is 0 Å². The monoisotopic (exact) mass is 376 g/mol. The van der Waals surface area contributed by atoms with Crippen LogP contribution in [0.25, 0.3) is 0 Å². The average molecular weight is 377 g/mol. The normalized spacial score (nSPS) is 11.2. The lowest BCUT2D eigenvalue weighted by atomic mass is 9.86. The molecule has 2 aromatic rings. The molecule has 0 saturated heterocycles. The molecule has 0 aromatic heterocycles. The predicted octanol–water partition coefficient (Wildman–Crippen LogP) is 5.36. The molecule has 0 saturated carbocycles. The van der Waals surface area contributed by atoms with E-state index in [4.69, 9.17) is 9.47 Å². The van der Waals surface area contributed by atoms with Gasteiger partial charge < -0.3 is 9.47 Å². The number of ether oxygens (including phenoxy) is 2. The van der Waals surface area contributed by atoms with Crippen LogP contribution in [0.5, 0.6) is 11.5 Å². The molecule has 0 amide bonds. The lowest BCUT2D eigenvalue weighted by molar-refractivity contribution is 0.0731. The van der Waals surface area contributed by atoms with Gasteiger partial charge in [0.05, 0.1) is 12.2 Å². The molecule has 0 heterocycles. The van der Waals surface area contributed by atoms with Crippen LogP contribution >= 0.6 is 15.9 Å². The Hall–Kier alpha value is -1.81. The predicted molar refractivity (Wildman–Crippen MR) is 95.4 cm³/mol. The third-order valence-electron chi connectivity index (χ3n) is 3.33. The lowest BCUT2D eigenvalue weighted by Crippen LogP contribution is -2.16. The largest absolute Gasteiger partial charge is 0.494 e. The van der Waals surface area contributed by atoms with E-state index >= 15 is 0 Å². The molecule has 2 rings (SSSR count). The molecule has 4 heteroatoms. The summed E-state index contributed by atoms with van der Waals surface area (Å²) >= 11 is 3.47. The van der Waals surface area contributed by atoms with Gasteiger partial charge in [0.25, 0.3) is 0 Å². The Labute approximate surface area is 145 Å². The topological polar surface area (TPSA) is 35.5 Å². The van der Waals surface area contributed by atoms with Crippen LogP contribution in [0.3, 0.4) is 0 Å². The highest BCUT2D eigenvalue weighted by Crippen LogP contribution is 2.34. The van der Waals surface area contributed by atoms with E-state index in [0.29, 0.717) is 23.7 Å². The molecule has 0 atom stereocenters. The highest BCUT2D eigenvalue weighted by atomic mass is 79.9. The van der Waals surface area contributed by atoms with Crippen molar-refractivity contribution in [3.63, 3.8) is 0 Å². The number of carbonyl (C=O) groups excluding carboxylic acids is 1. The van der Waals surface area contributed by atoms with Gasteiger partial charge in [-0.3, -0.25) is 0 Å². The van der Waals surface area contributed by atoms with Crippen LogP contribution in [-0.2, 0) is 5.41 Å². The molecule has 3 nitrogen and oxygen atoms in total. The molecule has 23 heavy (non-hydrogen) atoms. The van der Waals surface area contributed by atoms with Crippen molar-refractivity contribution < 1.29 is 14.3 Å². The fourth-order valence-electron chi connectivity index (χ4n) is 2.22. The molecule has 2 aromatic carbocycles. The Kier molecular flexibility index (Phi) is 5.47. The second-order valence-corrected chi connectivity index (χ2v) is 7.16. The van der Waals surface area contributed by atoms with Crippen LogP contribution in [0, 0.1) is 0 Å². The van der Waals surface area contributed by atoms with Crippen LogP contribution in [0.2, 0.25) is 0 Å². The van der Waals surface area contributed by atoms with Gasteiger partial charge >= 0.3 is 5.97 Å². The second kappa shape index (κ2) is 7.18. The molecule has 0 aliphatic rings. The number of rotatable bonds is 4. The van der Waals surface area contributed by atoms with Gasteiger partial charge in [0.15, 0.2) is 0 Å². The zero-order valence-corrected chi connectivity index (χ0v) is 15.4. The first-order valence-corrected chi connectivity index (χ1v) is 8.35. The van der Waals surface area contributed by atoms with Gasteiger partial charge in [0.1, 0.15) is 11.5 Å². The molecule has 0 aliphatic carbocycles. The van der Waals surface area contributed by atoms with E-state index in [2.05, 4.69) is 36.7 Å². The Morgan fingerprint density at radius 3 is 2.52 bits per heavy atom. The first-order valence-electron chi connectivity index (χ1n) is 7.56. The molecule has 0 unspecified atom stereocenters. The van der Waals surface area contributed by atoms with E-state index < -0.39 is 0 Å². The SMILES string of the molecule is CCOc1cccc(C(=O)Oc2ccc(Br)cc2C(C)(C)C)c1. The Bertz CT molecular complexity index is 702. The number of halogens is 1. The summed E-state index contributed by atoms with van der Waals surface area (Å²) < 4.78 is 12.0. The molecule has 0 bridgehead atoms. The first kappa shape index (κ1) is 17.5. The van der Waals surface area contributed by atoms with E-state index in [-0.39, 0.29) is 11.4 Å². The van der Waals surface area contributed by atoms with E-state index in [0.717, 1.165) is 10.0 Å². The van der Waals surface area contributed by atoms with Crippen LogP contribution < -0.4 is 9.47 Å². The van der Waals surface area contributed by atoms with Crippen LogP contribution in [0.15, 0.2) is 46.9 Å². The number of benzene rings is 2. The Morgan fingerprint density at radius 2 is 1.87 bits per heavy atom. The smallest absolute Gasteiger partial charge is 0.343 e. The van der Waals surface area contributed by atoms with Crippen molar-refractivity contribution in [1.82, 2.24) is 0 Å². The summed E-state index contributed by atoms with van der Waals surface area (Å²) in [5.41, 5.74) is 1.31. The summed E-state index contributed by atoms with van der Waals surface area (Å²) in [5.74, 6) is 0.848. The molecular formula is C19H21BrO3. The molecular weight excluding hydrogens is 356 g/mol. The minimum Gasteiger partial charge on any atom is -0.494 e. The number of hydrogen-bond donors (Lipinski definition) is 0. The van der Waals surface area contributed by atoms with Crippen LogP contribution in [0.1, 0.15) is 43.6 Å². The van der Waals surface area contributed by atoms with Crippen LogP contribution in [-0.4, -0.2) is 12.6 Å². The summed E-state index contributed by atoms with van der Waals surface area (Å²) in [6.45, 7) is 8.72. The van der Waals surface area contributed by atoms with Crippen molar-refractivity contribution in [3.8, 4) is 11.5 Å². The zero-order chi connectivity index (χ0) is 17.0. The molecule has 122 valence electrons. The van der Waals surface area contributed by atoms with Crippen molar-refractivity contribution >= 4 is 21.9 Å². The summed E-state index contributed by atoms with van der Waals surface area (Å²) in [7, 11) is 0. The van der Waals surface area contributed by atoms with E-state index in [1.165, 1.54) is 0 Å². The van der Waals surface area contributed by atoms with Gasteiger partial charge in [-0.25, -0.2) is 4.79 Å². The quantitative estimate of drug-likeness (QED) is 0.531. The van der Waals surface area contributed by atoms with Gasteiger partial charge in [-0.05, 0) is 48.7 Å². The highest BCUT2D eigenvalue weighted by Gasteiger charge is 2.21. The van der Waals surface area contributed by atoms with Crippen molar-refractivity contribution in [1.29, 1.82) is 0 Å². The second-order valence-electron chi connectivity index (χ2n) is 6.24. The van der Waals surface area contributed by atoms with Gasteiger partial charge in [-0.15, -0.1) is 0 Å². The third kappa shape index (κ3) is 4.58. The molecule has 0 aliphatic heterocycles. The van der Waals surface area contributed by atoms with Gasteiger partial charge in [0.2, 0.25) is 0 Å². The average Bonchev–Trinajstić information content (AvgIpc) is 2.48. The Balaban J connectivity index is 2.29. The standard InChI is InChI=1S/C19H21BrO3/c1-5-22-15-8-6-7-13(11-15)18(21)23-17-10-9-14(20)12-16(17)19(2,3)4/h6-12H,5H2,1-4H3. The van der Waals surface area contributed by atoms with Gasteiger partial charge in [-0.2, -0.15) is 0 Å². The number of esters is 1. The third-order valence-corrected chi connectivity index (χ3v) is 3.83. The molecule has 0 spiro atoms. The molecule has 0 fully saturated rings. The molecule has 0 N–H and O–H groups in total. The highest BCUT2D eigenvalue weighted by molar-refractivity contribution is 9.10. The summed E-state index contributed by atoms with van der Waals surface area (Å²) in [5, 5.41) is 0. The van der Waals surface area contributed by atoms with E-state index in [1.54, 1.807) is 18.2 Å². The molecule has 0 radical (unpaired) electrons. The van der Waals surface area contributed by atoms with E-state index in [1.807, 2.05) is 31.2 Å². The summed E-state index contributed by atoms with van der Waals surface area (Å²) in [4.78, 5) is 12.4. The maximum absolute atomic E-state index is 12.4. The lowest BCUT2D eigenvalue weighted by Gasteiger charge is -2.22. The zero-order valence-electron chi connectivity index (χ0n) is 13.9. The van der Waals surface area contributed by atoms with Crippen molar-refractivity contribution in [2.45, 2.75) is 33.1 Å². The van der Waals surface area contributed by atoms with Gasteiger partial charge in [-0.1, -0.05) is 42.8 Å². The fourth-order valence-corrected chi connectivity index (χ4v) is 2.58. The van der Waals surface area contributed by atoms with Crippen molar-refractivity contribution in [3.05, 3.63) is 58.1 Å². The summed E-state index contributed by atoms with van der Waals surface area (Å²) in [6.07, 6.45) is 0. The Morgan fingerprint density at radius 1 is 1.13 bits per heavy atom. The minimum atomic E-state index is -0.389. The fraction of sp³-hybridized carbons (Fsp3) is 0.316.